The zero-order chi connectivity index (χ0) is 14.5. The Morgan fingerprint density at radius 2 is 1.89 bits per heavy atom. The first-order valence-electron chi connectivity index (χ1n) is 6.83. The summed E-state index contributed by atoms with van der Waals surface area (Å²) >= 11 is 0. The molecule has 110 valence electrons. The predicted octanol–water partition coefficient (Wildman–Crippen LogP) is 1.56. The molecule has 0 aliphatic rings. The number of hydrogen-bond acceptors (Lipinski definition) is 3. The highest BCUT2D eigenvalue weighted by Gasteiger charge is 2.23. The molecule has 19 heavy (non-hydrogen) atoms. The zero-order valence-corrected chi connectivity index (χ0v) is 13.1. The van der Waals surface area contributed by atoms with Crippen LogP contribution in [0.1, 0.15) is 32.9 Å². The third-order valence-corrected chi connectivity index (χ3v) is 5.17. The average Bonchev–Trinajstić information content (AvgIpc) is 2.73. The van der Waals surface area contributed by atoms with Crippen LogP contribution in [-0.4, -0.2) is 36.9 Å². The van der Waals surface area contributed by atoms with E-state index in [2.05, 4.69) is 12.2 Å². The molecule has 0 aromatic carbocycles. The van der Waals surface area contributed by atoms with Gasteiger partial charge < -0.3 is 9.88 Å². The second kappa shape index (κ2) is 7.07. The standard InChI is InChI=1S/C13H25N3O2S/c1-5-8-14-10-12-9-13(11-15(12)4)19(17,18)16(6-2)7-3/h9,11,14H,5-8,10H2,1-4H3. The van der Waals surface area contributed by atoms with Crippen molar-refractivity contribution in [1.29, 1.82) is 0 Å². The predicted molar refractivity (Wildman–Crippen MR) is 77.5 cm³/mol. The Morgan fingerprint density at radius 1 is 1.26 bits per heavy atom. The summed E-state index contributed by atoms with van der Waals surface area (Å²) in [4.78, 5) is 0.381. The van der Waals surface area contributed by atoms with Crippen molar-refractivity contribution in [3.8, 4) is 0 Å². The Morgan fingerprint density at radius 3 is 2.42 bits per heavy atom. The van der Waals surface area contributed by atoms with Crippen molar-refractivity contribution in [1.82, 2.24) is 14.2 Å². The first kappa shape index (κ1) is 16.2. The van der Waals surface area contributed by atoms with Gasteiger partial charge in [-0.25, -0.2) is 8.42 Å². The summed E-state index contributed by atoms with van der Waals surface area (Å²) in [5.41, 5.74) is 0.985. The Labute approximate surface area is 116 Å². The van der Waals surface area contributed by atoms with Crippen LogP contribution < -0.4 is 5.32 Å². The van der Waals surface area contributed by atoms with Gasteiger partial charge in [0.05, 0.1) is 0 Å². The third kappa shape index (κ3) is 3.81. The number of hydrogen-bond donors (Lipinski definition) is 1. The van der Waals surface area contributed by atoms with Gasteiger partial charge in [0.15, 0.2) is 0 Å². The minimum atomic E-state index is -3.35. The fourth-order valence-corrected chi connectivity index (χ4v) is 3.55. The van der Waals surface area contributed by atoms with Crippen molar-refractivity contribution < 1.29 is 8.42 Å². The summed E-state index contributed by atoms with van der Waals surface area (Å²) in [5, 5.41) is 3.28. The molecular formula is C13H25N3O2S. The third-order valence-electron chi connectivity index (χ3n) is 3.16. The molecule has 5 nitrogen and oxygen atoms in total. The highest BCUT2D eigenvalue weighted by Crippen LogP contribution is 2.18. The van der Waals surface area contributed by atoms with Gasteiger partial charge in [0.25, 0.3) is 0 Å². The molecule has 0 fully saturated rings. The van der Waals surface area contributed by atoms with Gasteiger partial charge in [-0.3, -0.25) is 0 Å². The fourth-order valence-electron chi connectivity index (χ4n) is 2.00. The first-order chi connectivity index (χ1) is 8.97. The SMILES string of the molecule is CCCNCc1cc(S(=O)(=O)N(CC)CC)cn1C. The van der Waals surface area contributed by atoms with Crippen LogP contribution in [0, 0.1) is 0 Å². The molecule has 0 saturated carbocycles. The fraction of sp³-hybridized carbons (Fsp3) is 0.692. The summed E-state index contributed by atoms with van der Waals surface area (Å²) in [7, 11) is -1.47. The maximum atomic E-state index is 12.4. The largest absolute Gasteiger partial charge is 0.352 e. The summed E-state index contributed by atoms with van der Waals surface area (Å²) in [6.45, 7) is 8.44. The van der Waals surface area contributed by atoms with Crippen LogP contribution in [0.4, 0.5) is 0 Å². The Bertz CT molecular complexity index is 490. The highest BCUT2D eigenvalue weighted by molar-refractivity contribution is 7.89. The second-order valence-electron chi connectivity index (χ2n) is 4.54. The Balaban J connectivity index is 2.93. The lowest BCUT2D eigenvalue weighted by molar-refractivity contribution is 0.445. The van der Waals surface area contributed by atoms with Crippen molar-refractivity contribution >= 4 is 10.0 Å². The van der Waals surface area contributed by atoms with Crippen LogP contribution in [0.15, 0.2) is 17.2 Å². The normalized spacial score (nSPS) is 12.3. The number of aryl methyl sites for hydroxylation is 1. The van der Waals surface area contributed by atoms with Crippen LogP contribution >= 0.6 is 0 Å². The summed E-state index contributed by atoms with van der Waals surface area (Å²) in [5.74, 6) is 0. The van der Waals surface area contributed by atoms with E-state index in [9.17, 15) is 8.42 Å². The highest BCUT2D eigenvalue weighted by atomic mass is 32.2. The summed E-state index contributed by atoms with van der Waals surface area (Å²) in [6, 6.07) is 1.76. The molecule has 0 unspecified atom stereocenters. The Kier molecular flexibility index (Phi) is 6.03. The molecule has 0 atom stereocenters. The number of rotatable bonds is 8. The topological polar surface area (TPSA) is 54.3 Å². The second-order valence-corrected chi connectivity index (χ2v) is 6.48. The number of nitrogens with one attached hydrogen (secondary N) is 1. The molecule has 1 rings (SSSR count). The van der Waals surface area contributed by atoms with Gasteiger partial charge in [0.2, 0.25) is 10.0 Å². The maximum Gasteiger partial charge on any atom is 0.244 e. The smallest absolute Gasteiger partial charge is 0.244 e. The van der Waals surface area contributed by atoms with E-state index in [0.717, 1.165) is 18.7 Å². The molecule has 0 aliphatic carbocycles. The van der Waals surface area contributed by atoms with E-state index in [-0.39, 0.29) is 0 Å². The molecular weight excluding hydrogens is 262 g/mol. The minimum absolute atomic E-state index is 0.381. The van der Waals surface area contributed by atoms with Crippen molar-refractivity contribution in [2.75, 3.05) is 19.6 Å². The van der Waals surface area contributed by atoms with E-state index in [1.165, 1.54) is 4.31 Å². The van der Waals surface area contributed by atoms with E-state index in [1.54, 1.807) is 12.3 Å². The lowest BCUT2D eigenvalue weighted by atomic mass is 10.4. The van der Waals surface area contributed by atoms with Gasteiger partial charge in [-0.15, -0.1) is 0 Å². The van der Waals surface area contributed by atoms with Gasteiger partial charge in [0.1, 0.15) is 4.90 Å². The van der Waals surface area contributed by atoms with Gasteiger partial charge in [-0.1, -0.05) is 20.8 Å². The maximum absolute atomic E-state index is 12.4. The zero-order valence-electron chi connectivity index (χ0n) is 12.3. The van der Waals surface area contributed by atoms with Gasteiger partial charge in [-0.05, 0) is 19.0 Å². The molecule has 0 bridgehead atoms. The molecule has 0 spiro atoms. The first-order valence-corrected chi connectivity index (χ1v) is 8.27. The molecule has 0 saturated heterocycles. The van der Waals surface area contributed by atoms with Crippen molar-refractivity contribution in [2.45, 2.75) is 38.6 Å². The molecule has 1 heterocycles. The molecule has 0 radical (unpaired) electrons. The molecule has 0 amide bonds. The monoisotopic (exact) mass is 287 g/mol. The van der Waals surface area contributed by atoms with Crippen LogP contribution in [0.2, 0.25) is 0 Å². The molecule has 6 heteroatoms. The van der Waals surface area contributed by atoms with Crippen molar-refractivity contribution in [2.24, 2.45) is 7.05 Å². The molecule has 1 aromatic rings. The lowest BCUT2D eigenvalue weighted by Gasteiger charge is -2.17. The Hall–Kier alpha value is -0.850. The van der Waals surface area contributed by atoms with E-state index >= 15 is 0 Å². The van der Waals surface area contributed by atoms with Crippen LogP contribution in [0.5, 0.6) is 0 Å². The van der Waals surface area contributed by atoms with Crippen LogP contribution in [0.25, 0.3) is 0 Å². The minimum Gasteiger partial charge on any atom is -0.352 e. The van der Waals surface area contributed by atoms with E-state index < -0.39 is 10.0 Å². The van der Waals surface area contributed by atoms with Crippen molar-refractivity contribution in [3.05, 3.63) is 18.0 Å². The number of nitrogens with zero attached hydrogens (tertiary/aromatic N) is 2. The van der Waals surface area contributed by atoms with Gasteiger partial charge >= 0.3 is 0 Å². The quantitative estimate of drug-likeness (QED) is 0.738. The molecule has 1 aromatic heterocycles. The van der Waals surface area contributed by atoms with Gasteiger partial charge in [-0.2, -0.15) is 4.31 Å². The molecule has 0 aliphatic heterocycles. The van der Waals surface area contributed by atoms with Crippen LogP contribution in [0.3, 0.4) is 0 Å². The van der Waals surface area contributed by atoms with Gasteiger partial charge in [0, 0.05) is 38.6 Å². The van der Waals surface area contributed by atoms with E-state index in [4.69, 9.17) is 0 Å². The summed E-state index contributed by atoms with van der Waals surface area (Å²) in [6.07, 6.45) is 2.76. The molecule has 1 N–H and O–H groups in total. The van der Waals surface area contributed by atoms with E-state index in [0.29, 0.717) is 24.5 Å². The number of sulfonamides is 1. The van der Waals surface area contributed by atoms with E-state index in [1.807, 2.05) is 25.5 Å². The summed E-state index contributed by atoms with van der Waals surface area (Å²) < 4.78 is 28.1. The average molecular weight is 287 g/mol. The lowest BCUT2D eigenvalue weighted by Crippen LogP contribution is -2.30. The number of aromatic nitrogens is 1. The van der Waals surface area contributed by atoms with Crippen molar-refractivity contribution in [3.63, 3.8) is 0 Å². The van der Waals surface area contributed by atoms with Crippen LogP contribution in [-0.2, 0) is 23.6 Å².